The normalized spacial score (nSPS) is 15.3. The molecule has 0 amide bonds. The summed E-state index contributed by atoms with van der Waals surface area (Å²) in [6.07, 6.45) is 0.838. The quantitative estimate of drug-likeness (QED) is 0.791. The van der Waals surface area contributed by atoms with Crippen molar-refractivity contribution in [1.82, 2.24) is 9.97 Å². The highest BCUT2D eigenvalue weighted by molar-refractivity contribution is 9.10. The molecule has 19 heavy (non-hydrogen) atoms. The Morgan fingerprint density at radius 3 is 2.26 bits per heavy atom. The lowest BCUT2D eigenvalue weighted by atomic mass is 9.91. The molecule has 1 rings (SSSR count). The lowest BCUT2D eigenvalue weighted by molar-refractivity contribution is -0.0394. The Labute approximate surface area is 129 Å². The molecule has 0 aliphatic carbocycles. The first-order chi connectivity index (χ1) is 8.65. The van der Waals surface area contributed by atoms with Crippen LogP contribution in [0.1, 0.15) is 59.5 Å². The number of aromatic amines is 1. The van der Waals surface area contributed by atoms with Crippen molar-refractivity contribution in [2.75, 3.05) is 6.61 Å². The maximum atomic E-state index is 5.87. The van der Waals surface area contributed by atoms with Gasteiger partial charge in [0.2, 0.25) is 0 Å². The van der Waals surface area contributed by atoms with Crippen LogP contribution >= 0.6 is 28.1 Å². The first kappa shape index (κ1) is 16.8. The van der Waals surface area contributed by atoms with E-state index >= 15 is 0 Å². The van der Waals surface area contributed by atoms with Crippen LogP contribution < -0.4 is 0 Å². The second kappa shape index (κ2) is 6.02. The molecule has 5 heteroatoms. The van der Waals surface area contributed by atoms with Gasteiger partial charge in [-0.05, 0) is 36.2 Å². The molecular weight excluding hydrogens is 324 g/mol. The lowest BCUT2D eigenvalue weighted by Crippen LogP contribution is -2.30. The van der Waals surface area contributed by atoms with Crippen molar-refractivity contribution >= 4 is 28.1 Å². The number of rotatable bonds is 4. The number of H-pyrrole nitrogens is 1. The number of halogens is 1. The molecule has 0 radical (unpaired) electrons. The Morgan fingerprint density at radius 2 is 1.84 bits per heavy atom. The highest BCUT2D eigenvalue weighted by Crippen LogP contribution is 2.32. The van der Waals surface area contributed by atoms with Gasteiger partial charge in [-0.2, -0.15) is 0 Å². The second-order valence-electron chi connectivity index (χ2n) is 5.85. The molecule has 1 N–H and O–H groups in total. The minimum atomic E-state index is -0.428. The standard InChI is InChI=1S/C14H23BrN2OS/c1-7-14(6,18-8-2)12-16-10(13(3,4)5)9(15)11(19)17-12/h7-8H2,1-6H3,(H,16,17,19). The molecule has 1 heterocycles. The first-order valence-corrected chi connectivity index (χ1v) is 7.80. The van der Waals surface area contributed by atoms with Crippen molar-refractivity contribution in [2.24, 2.45) is 0 Å². The van der Waals surface area contributed by atoms with Crippen LogP contribution in [0.15, 0.2) is 4.47 Å². The highest BCUT2D eigenvalue weighted by Gasteiger charge is 2.30. The molecule has 1 aromatic heterocycles. The topological polar surface area (TPSA) is 37.9 Å². The van der Waals surface area contributed by atoms with Crippen LogP contribution in [0.4, 0.5) is 0 Å². The molecule has 1 aromatic rings. The Bertz CT molecular complexity index is 507. The molecule has 0 aromatic carbocycles. The summed E-state index contributed by atoms with van der Waals surface area (Å²) in [5, 5.41) is 0. The van der Waals surface area contributed by atoms with E-state index in [0.29, 0.717) is 11.2 Å². The monoisotopic (exact) mass is 346 g/mol. The molecule has 0 bridgehead atoms. The van der Waals surface area contributed by atoms with Crippen LogP contribution in [0.2, 0.25) is 0 Å². The third kappa shape index (κ3) is 3.64. The summed E-state index contributed by atoms with van der Waals surface area (Å²) < 4.78 is 7.32. The van der Waals surface area contributed by atoms with Gasteiger partial charge in [0.1, 0.15) is 16.1 Å². The average molecular weight is 347 g/mol. The van der Waals surface area contributed by atoms with E-state index in [1.165, 1.54) is 0 Å². The Morgan fingerprint density at radius 1 is 1.26 bits per heavy atom. The van der Waals surface area contributed by atoms with Gasteiger partial charge in [-0.15, -0.1) is 0 Å². The third-order valence-corrected chi connectivity index (χ3v) is 4.58. The van der Waals surface area contributed by atoms with Crippen LogP contribution in [0.25, 0.3) is 0 Å². The fraction of sp³-hybridized carbons (Fsp3) is 0.714. The third-order valence-electron chi connectivity index (χ3n) is 3.25. The van der Waals surface area contributed by atoms with Crippen LogP contribution in [-0.2, 0) is 15.8 Å². The molecule has 3 nitrogen and oxygen atoms in total. The molecule has 0 saturated carbocycles. The van der Waals surface area contributed by atoms with E-state index in [0.717, 1.165) is 22.4 Å². The van der Waals surface area contributed by atoms with E-state index in [1.807, 2.05) is 13.8 Å². The summed E-state index contributed by atoms with van der Waals surface area (Å²) >= 11 is 8.90. The van der Waals surface area contributed by atoms with Gasteiger partial charge < -0.3 is 9.72 Å². The predicted octanol–water partition coefficient (Wildman–Crippen LogP) is 4.86. The summed E-state index contributed by atoms with van der Waals surface area (Å²) in [6.45, 7) is 13.2. The minimum Gasteiger partial charge on any atom is -0.368 e. The van der Waals surface area contributed by atoms with Crippen LogP contribution in [0, 0.1) is 4.64 Å². The van der Waals surface area contributed by atoms with Crippen LogP contribution in [-0.4, -0.2) is 16.6 Å². The number of nitrogens with one attached hydrogen (secondary N) is 1. The highest BCUT2D eigenvalue weighted by atomic mass is 79.9. The molecular formula is C14H23BrN2OS. The Hall–Kier alpha value is -0.260. The van der Waals surface area contributed by atoms with Crippen molar-refractivity contribution < 1.29 is 4.74 Å². The van der Waals surface area contributed by atoms with Crippen molar-refractivity contribution in [3.63, 3.8) is 0 Å². The lowest BCUT2D eigenvalue weighted by Gasteiger charge is -2.30. The molecule has 0 fully saturated rings. The van der Waals surface area contributed by atoms with Crippen molar-refractivity contribution in [3.05, 3.63) is 20.6 Å². The van der Waals surface area contributed by atoms with Gasteiger partial charge in [-0.1, -0.05) is 39.9 Å². The number of hydrogen-bond acceptors (Lipinski definition) is 3. The fourth-order valence-corrected chi connectivity index (χ4v) is 2.86. The van der Waals surface area contributed by atoms with E-state index in [2.05, 4.69) is 53.6 Å². The van der Waals surface area contributed by atoms with Gasteiger partial charge >= 0.3 is 0 Å². The Kier molecular flexibility index (Phi) is 5.32. The zero-order valence-electron chi connectivity index (χ0n) is 12.6. The molecule has 0 aliphatic rings. The van der Waals surface area contributed by atoms with E-state index in [1.54, 1.807) is 0 Å². The number of ether oxygens (including phenoxy) is 1. The van der Waals surface area contributed by atoms with E-state index < -0.39 is 5.60 Å². The molecule has 108 valence electrons. The average Bonchev–Trinajstić information content (AvgIpc) is 2.31. The maximum absolute atomic E-state index is 5.87. The van der Waals surface area contributed by atoms with Gasteiger partial charge in [0.05, 0.1) is 4.47 Å². The number of hydrogen-bond donors (Lipinski definition) is 1. The summed E-state index contributed by atoms with van der Waals surface area (Å²) in [5.41, 5.74) is 0.593. The summed E-state index contributed by atoms with van der Waals surface area (Å²) in [5.74, 6) is 0.801. The van der Waals surface area contributed by atoms with E-state index in [9.17, 15) is 0 Å². The number of aromatic nitrogens is 2. The molecule has 0 saturated heterocycles. The van der Waals surface area contributed by atoms with Crippen molar-refractivity contribution in [3.8, 4) is 0 Å². The molecule has 0 aliphatic heterocycles. The summed E-state index contributed by atoms with van der Waals surface area (Å²) in [7, 11) is 0. The zero-order valence-corrected chi connectivity index (χ0v) is 15.0. The van der Waals surface area contributed by atoms with Gasteiger partial charge in [-0.3, -0.25) is 0 Å². The largest absolute Gasteiger partial charge is 0.368 e. The van der Waals surface area contributed by atoms with E-state index in [-0.39, 0.29) is 5.41 Å². The SMILES string of the molecule is CCOC(C)(CC)c1nc(=S)c(Br)c(C(C)(C)C)[nH]1. The fourth-order valence-electron chi connectivity index (χ4n) is 1.88. The minimum absolute atomic E-state index is 0.0368. The zero-order chi connectivity index (χ0) is 14.8. The smallest absolute Gasteiger partial charge is 0.144 e. The second-order valence-corrected chi connectivity index (χ2v) is 7.03. The van der Waals surface area contributed by atoms with Gasteiger partial charge in [0, 0.05) is 17.7 Å². The molecule has 0 spiro atoms. The summed E-state index contributed by atoms with van der Waals surface area (Å²) in [6, 6.07) is 0. The van der Waals surface area contributed by atoms with Crippen molar-refractivity contribution in [1.29, 1.82) is 0 Å². The predicted molar refractivity (Wildman–Crippen MR) is 85.1 cm³/mol. The maximum Gasteiger partial charge on any atom is 0.144 e. The van der Waals surface area contributed by atoms with Gasteiger partial charge in [0.25, 0.3) is 0 Å². The molecule has 1 unspecified atom stereocenters. The number of nitrogens with zero attached hydrogens (tertiary/aromatic N) is 1. The Balaban J connectivity index is 3.47. The van der Waals surface area contributed by atoms with Crippen LogP contribution in [0.5, 0.6) is 0 Å². The van der Waals surface area contributed by atoms with Crippen molar-refractivity contribution in [2.45, 2.75) is 59.0 Å². The van der Waals surface area contributed by atoms with Crippen LogP contribution in [0.3, 0.4) is 0 Å². The first-order valence-electron chi connectivity index (χ1n) is 6.60. The van der Waals surface area contributed by atoms with E-state index in [4.69, 9.17) is 17.0 Å². The van der Waals surface area contributed by atoms with Gasteiger partial charge in [0.15, 0.2) is 0 Å². The summed E-state index contributed by atoms with van der Waals surface area (Å²) in [4.78, 5) is 7.92. The van der Waals surface area contributed by atoms with Gasteiger partial charge in [-0.25, -0.2) is 4.98 Å². The molecule has 1 atom stereocenters.